The van der Waals surface area contributed by atoms with E-state index in [-0.39, 0.29) is 12.1 Å². The van der Waals surface area contributed by atoms with E-state index in [2.05, 4.69) is 36.8 Å². The number of benzene rings is 2. The SMILES string of the molecule is C#CN(CC)CCCOc1ccc2c(Nc3cc(CC(=O)Nc4cccc(F)c4F)[nH]n3)ncnc2c1. The van der Waals surface area contributed by atoms with Crippen LogP contribution in [-0.2, 0) is 11.2 Å². The summed E-state index contributed by atoms with van der Waals surface area (Å²) >= 11 is 0. The van der Waals surface area contributed by atoms with Gasteiger partial charge in [-0.05, 0) is 37.6 Å². The smallest absolute Gasteiger partial charge is 0.230 e. The Labute approximate surface area is 212 Å². The number of nitrogens with zero attached hydrogens (tertiary/aromatic N) is 4. The van der Waals surface area contributed by atoms with Crippen molar-refractivity contribution in [2.45, 2.75) is 19.8 Å². The normalized spacial score (nSPS) is 10.6. The van der Waals surface area contributed by atoms with Crippen LogP contribution in [0.3, 0.4) is 0 Å². The van der Waals surface area contributed by atoms with Crippen LogP contribution in [0.2, 0.25) is 0 Å². The number of halogens is 2. The fourth-order valence-corrected chi connectivity index (χ4v) is 3.59. The van der Waals surface area contributed by atoms with Crippen molar-refractivity contribution in [1.29, 1.82) is 0 Å². The summed E-state index contributed by atoms with van der Waals surface area (Å²) in [4.78, 5) is 22.8. The number of H-pyrrole nitrogens is 1. The summed E-state index contributed by atoms with van der Waals surface area (Å²) in [5.74, 6) is -1.04. The molecule has 2 aromatic heterocycles. The molecule has 2 heterocycles. The molecule has 0 saturated heterocycles. The van der Waals surface area contributed by atoms with Crippen LogP contribution in [-0.4, -0.2) is 50.7 Å². The Bertz CT molecular complexity index is 1430. The number of aromatic nitrogens is 4. The molecule has 1 amide bonds. The molecule has 37 heavy (non-hydrogen) atoms. The van der Waals surface area contributed by atoms with E-state index in [4.69, 9.17) is 11.2 Å². The average Bonchev–Trinajstić information content (AvgIpc) is 3.33. The first kappa shape index (κ1) is 25.4. The zero-order valence-corrected chi connectivity index (χ0v) is 20.1. The maximum atomic E-state index is 13.8. The minimum atomic E-state index is -1.11. The van der Waals surface area contributed by atoms with E-state index < -0.39 is 17.5 Å². The van der Waals surface area contributed by atoms with Crippen LogP contribution in [0.1, 0.15) is 19.0 Å². The predicted molar refractivity (Wildman–Crippen MR) is 136 cm³/mol. The van der Waals surface area contributed by atoms with Crippen molar-refractivity contribution in [2.75, 3.05) is 30.3 Å². The van der Waals surface area contributed by atoms with Gasteiger partial charge in [0.05, 0.1) is 24.2 Å². The number of rotatable bonds is 11. The largest absolute Gasteiger partial charge is 0.493 e. The van der Waals surface area contributed by atoms with E-state index in [1.54, 1.807) is 6.07 Å². The molecule has 0 fully saturated rings. The van der Waals surface area contributed by atoms with Gasteiger partial charge in [0, 0.05) is 42.3 Å². The molecule has 2 aromatic carbocycles. The second kappa shape index (κ2) is 11.8. The van der Waals surface area contributed by atoms with E-state index in [1.165, 1.54) is 18.5 Å². The molecule has 4 rings (SSSR count). The highest BCUT2D eigenvalue weighted by molar-refractivity contribution is 5.93. The summed E-state index contributed by atoms with van der Waals surface area (Å²) in [5, 5.41) is 13.1. The second-order valence-electron chi connectivity index (χ2n) is 8.04. The van der Waals surface area contributed by atoms with E-state index in [1.807, 2.05) is 30.0 Å². The summed E-state index contributed by atoms with van der Waals surface area (Å²) in [6.45, 7) is 4.08. The molecule has 0 spiro atoms. The molecule has 9 nitrogen and oxygen atoms in total. The van der Waals surface area contributed by atoms with Crippen LogP contribution in [0.25, 0.3) is 10.9 Å². The number of aromatic amines is 1. The Morgan fingerprint density at radius 3 is 2.89 bits per heavy atom. The van der Waals surface area contributed by atoms with E-state index >= 15 is 0 Å². The van der Waals surface area contributed by atoms with Crippen molar-refractivity contribution in [1.82, 2.24) is 25.1 Å². The molecule has 0 radical (unpaired) electrons. The first-order valence-corrected chi connectivity index (χ1v) is 11.6. The number of ether oxygens (including phenoxy) is 1. The number of amides is 1. The summed E-state index contributed by atoms with van der Waals surface area (Å²) in [7, 11) is 0. The van der Waals surface area contributed by atoms with Gasteiger partial charge in [-0.2, -0.15) is 5.10 Å². The van der Waals surface area contributed by atoms with Gasteiger partial charge in [0.25, 0.3) is 0 Å². The lowest BCUT2D eigenvalue weighted by atomic mass is 10.2. The Balaban J connectivity index is 1.36. The van der Waals surface area contributed by atoms with Crippen LogP contribution in [0.4, 0.5) is 26.1 Å². The Hall–Kier alpha value is -4.72. The van der Waals surface area contributed by atoms with Gasteiger partial charge in [-0.25, -0.2) is 18.7 Å². The first-order valence-electron chi connectivity index (χ1n) is 11.6. The number of anilines is 3. The highest BCUT2D eigenvalue weighted by atomic mass is 19.2. The molecule has 11 heteroatoms. The number of fused-ring (bicyclic) bond motifs is 1. The predicted octanol–water partition coefficient (Wildman–Crippen LogP) is 4.24. The lowest BCUT2D eigenvalue weighted by molar-refractivity contribution is -0.115. The van der Waals surface area contributed by atoms with E-state index in [9.17, 15) is 13.6 Å². The third-order valence-electron chi connectivity index (χ3n) is 5.47. The quantitative estimate of drug-likeness (QED) is 0.159. The molecule has 0 aliphatic heterocycles. The molecule has 3 N–H and O–H groups in total. The topological polar surface area (TPSA) is 108 Å². The van der Waals surface area contributed by atoms with Gasteiger partial charge in [-0.15, -0.1) is 0 Å². The Kier molecular flexibility index (Phi) is 8.10. The van der Waals surface area contributed by atoms with Crippen molar-refractivity contribution < 1.29 is 18.3 Å². The molecule has 0 aliphatic carbocycles. The van der Waals surface area contributed by atoms with Gasteiger partial charge >= 0.3 is 0 Å². The monoisotopic (exact) mass is 505 g/mol. The lowest BCUT2D eigenvalue weighted by Gasteiger charge is -2.15. The molecule has 0 atom stereocenters. The van der Waals surface area contributed by atoms with Crippen LogP contribution >= 0.6 is 0 Å². The molecular formula is C26H25F2N7O2. The Morgan fingerprint density at radius 2 is 2.08 bits per heavy atom. The highest BCUT2D eigenvalue weighted by Crippen LogP contribution is 2.26. The average molecular weight is 506 g/mol. The highest BCUT2D eigenvalue weighted by Gasteiger charge is 2.13. The third-order valence-corrected chi connectivity index (χ3v) is 5.47. The number of carbonyl (C=O) groups excluding carboxylic acids is 1. The first-order chi connectivity index (χ1) is 18.0. The van der Waals surface area contributed by atoms with Crippen molar-refractivity contribution >= 4 is 34.1 Å². The standard InChI is InChI=1S/C26H25F2N7O2/c1-3-35(4-2)11-6-12-37-18-9-10-19-22(15-18)29-16-30-26(19)32-23-13-17(33-34-23)14-24(36)31-21-8-5-7-20(27)25(21)28/h1,5,7-10,13,15-16H,4,6,11-12,14H2,2H3,(H,31,36)(H2,29,30,32,33,34). The minimum Gasteiger partial charge on any atom is -0.493 e. The van der Waals surface area contributed by atoms with Crippen LogP contribution in [0, 0.1) is 24.1 Å². The molecule has 0 bridgehead atoms. The summed E-state index contributed by atoms with van der Waals surface area (Å²) in [5.41, 5.74) is 0.924. The van der Waals surface area contributed by atoms with Gasteiger partial charge in [-0.3, -0.25) is 9.89 Å². The molecule has 4 aromatic rings. The maximum Gasteiger partial charge on any atom is 0.230 e. The maximum absolute atomic E-state index is 13.8. The van der Waals surface area contributed by atoms with Crippen molar-refractivity contribution in [3.05, 3.63) is 66.1 Å². The fraction of sp³-hybridized carbons (Fsp3) is 0.231. The summed E-state index contributed by atoms with van der Waals surface area (Å²) in [6, 6.07) is 13.3. The van der Waals surface area contributed by atoms with Gasteiger partial charge in [-0.1, -0.05) is 12.5 Å². The van der Waals surface area contributed by atoms with Crippen molar-refractivity contribution in [3.63, 3.8) is 0 Å². The fourth-order valence-electron chi connectivity index (χ4n) is 3.59. The number of hydrogen-bond acceptors (Lipinski definition) is 7. The molecule has 190 valence electrons. The molecule has 0 unspecified atom stereocenters. The van der Waals surface area contributed by atoms with E-state index in [0.29, 0.717) is 35.2 Å². The summed E-state index contributed by atoms with van der Waals surface area (Å²) < 4.78 is 33.0. The van der Waals surface area contributed by atoms with Crippen LogP contribution in [0.5, 0.6) is 5.75 Å². The molecular weight excluding hydrogens is 480 g/mol. The molecule has 0 saturated carbocycles. The van der Waals surface area contributed by atoms with Crippen molar-refractivity contribution in [2.24, 2.45) is 0 Å². The third kappa shape index (κ3) is 6.49. The van der Waals surface area contributed by atoms with Crippen LogP contribution in [0.15, 0.2) is 48.8 Å². The minimum absolute atomic E-state index is 0.118. The zero-order valence-electron chi connectivity index (χ0n) is 20.1. The number of hydrogen-bond donors (Lipinski definition) is 3. The van der Waals surface area contributed by atoms with Gasteiger partial charge in [0.1, 0.15) is 17.9 Å². The number of terminal acetylenes is 1. The molecule has 0 aliphatic rings. The van der Waals surface area contributed by atoms with Crippen LogP contribution < -0.4 is 15.4 Å². The zero-order chi connectivity index (χ0) is 26.2. The summed E-state index contributed by atoms with van der Waals surface area (Å²) in [6.07, 6.45) is 7.54. The van der Waals surface area contributed by atoms with Gasteiger partial charge in [0.2, 0.25) is 5.91 Å². The lowest BCUT2D eigenvalue weighted by Crippen LogP contribution is -2.20. The van der Waals surface area contributed by atoms with E-state index in [0.717, 1.165) is 31.0 Å². The van der Waals surface area contributed by atoms with Gasteiger partial charge < -0.3 is 20.3 Å². The number of nitrogens with one attached hydrogen (secondary N) is 3. The second-order valence-corrected chi connectivity index (χ2v) is 8.04. The van der Waals surface area contributed by atoms with Gasteiger partial charge in [0.15, 0.2) is 17.5 Å². The number of carbonyl (C=O) groups is 1. The van der Waals surface area contributed by atoms with Crippen molar-refractivity contribution in [3.8, 4) is 18.2 Å². The Morgan fingerprint density at radius 1 is 1.22 bits per heavy atom.